The van der Waals surface area contributed by atoms with Crippen molar-refractivity contribution in [2.24, 2.45) is 0 Å². The highest BCUT2D eigenvalue weighted by Crippen LogP contribution is 2.29. The maximum absolute atomic E-state index is 12.8. The molecule has 7 nitrogen and oxygen atoms in total. The van der Waals surface area contributed by atoms with E-state index in [2.05, 4.69) is 25.8 Å². The second-order valence-electron chi connectivity index (χ2n) is 7.71. The number of benzene rings is 1. The van der Waals surface area contributed by atoms with Crippen molar-refractivity contribution in [3.05, 3.63) is 35.4 Å². The Bertz CT molecular complexity index is 737. The van der Waals surface area contributed by atoms with Gasteiger partial charge < -0.3 is 16.0 Å². The molecule has 2 heterocycles. The van der Waals surface area contributed by atoms with E-state index in [1.54, 1.807) is 0 Å². The van der Waals surface area contributed by atoms with Crippen LogP contribution in [0.25, 0.3) is 0 Å². The molecule has 1 aromatic carbocycles. The molecule has 2 aliphatic heterocycles. The van der Waals surface area contributed by atoms with Crippen LogP contribution < -0.4 is 16.0 Å². The van der Waals surface area contributed by atoms with E-state index in [-0.39, 0.29) is 24.1 Å². The first-order valence-electron chi connectivity index (χ1n) is 10.2. The molecule has 10 heteroatoms. The molecule has 166 valence electrons. The van der Waals surface area contributed by atoms with Gasteiger partial charge in [-0.1, -0.05) is 6.07 Å². The summed E-state index contributed by atoms with van der Waals surface area (Å²) in [5.41, 5.74) is -1.02. The lowest BCUT2D eigenvalue weighted by atomic mass is 10.1. The van der Waals surface area contributed by atoms with Crippen LogP contribution in [-0.4, -0.2) is 86.6 Å². The summed E-state index contributed by atoms with van der Waals surface area (Å²) in [7, 11) is 0. The molecule has 3 rings (SSSR count). The highest BCUT2D eigenvalue weighted by atomic mass is 19.4. The first-order chi connectivity index (χ1) is 14.3. The Kier molecular flexibility index (Phi) is 7.68. The Morgan fingerprint density at radius 1 is 1.10 bits per heavy atom. The lowest BCUT2D eigenvalue weighted by molar-refractivity contribution is -0.137. The number of hydrogen-bond acceptors (Lipinski definition) is 5. The molecular formula is C20H28F3N5O2. The van der Waals surface area contributed by atoms with Gasteiger partial charge in [-0.2, -0.15) is 13.2 Å². The minimum Gasteiger partial charge on any atom is -0.350 e. The molecule has 0 aromatic heterocycles. The first-order valence-corrected chi connectivity index (χ1v) is 10.2. The molecule has 0 bridgehead atoms. The zero-order valence-electron chi connectivity index (χ0n) is 16.8. The molecule has 2 aliphatic rings. The van der Waals surface area contributed by atoms with Gasteiger partial charge in [0.15, 0.2) is 0 Å². The van der Waals surface area contributed by atoms with Crippen molar-refractivity contribution < 1.29 is 22.8 Å². The van der Waals surface area contributed by atoms with Crippen molar-refractivity contribution in [1.29, 1.82) is 0 Å². The zero-order valence-corrected chi connectivity index (χ0v) is 16.8. The van der Waals surface area contributed by atoms with Crippen LogP contribution in [0.4, 0.5) is 13.2 Å². The molecule has 3 N–H and O–H groups in total. The molecule has 0 unspecified atom stereocenters. The summed E-state index contributed by atoms with van der Waals surface area (Å²) >= 11 is 0. The maximum Gasteiger partial charge on any atom is 0.416 e. The fourth-order valence-electron chi connectivity index (χ4n) is 3.75. The van der Waals surface area contributed by atoms with Gasteiger partial charge in [0.25, 0.3) is 5.91 Å². The normalized spacial score (nSPS) is 20.8. The van der Waals surface area contributed by atoms with E-state index in [0.717, 1.165) is 70.9 Å². The Labute approximate surface area is 174 Å². The van der Waals surface area contributed by atoms with Crippen LogP contribution in [0.5, 0.6) is 0 Å². The summed E-state index contributed by atoms with van der Waals surface area (Å²) in [6.45, 7) is 7.52. The van der Waals surface area contributed by atoms with E-state index in [1.807, 2.05) is 0 Å². The number of rotatable bonds is 7. The van der Waals surface area contributed by atoms with E-state index in [9.17, 15) is 22.8 Å². The number of piperazine rings is 1. The summed E-state index contributed by atoms with van der Waals surface area (Å²) in [6.07, 6.45) is -3.68. The van der Waals surface area contributed by atoms with Crippen molar-refractivity contribution in [2.45, 2.75) is 18.6 Å². The molecule has 0 saturated carbocycles. The smallest absolute Gasteiger partial charge is 0.350 e. The third kappa shape index (κ3) is 6.68. The highest BCUT2D eigenvalue weighted by molar-refractivity contribution is 5.96. The Morgan fingerprint density at radius 3 is 2.57 bits per heavy atom. The maximum atomic E-state index is 12.8. The molecule has 0 radical (unpaired) electrons. The number of likely N-dealkylation sites (tertiary alicyclic amines) is 1. The van der Waals surface area contributed by atoms with Crippen molar-refractivity contribution in [2.75, 3.05) is 58.9 Å². The third-order valence-corrected chi connectivity index (χ3v) is 5.44. The monoisotopic (exact) mass is 427 g/mol. The number of alkyl halides is 3. The van der Waals surface area contributed by atoms with Crippen LogP contribution in [0.1, 0.15) is 22.3 Å². The number of halogens is 3. The van der Waals surface area contributed by atoms with Gasteiger partial charge in [0, 0.05) is 64.0 Å². The Balaban J connectivity index is 1.37. The fourth-order valence-corrected chi connectivity index (χ4v) is 3.75. The average Bonchev–Trinajstić information content (AvgIpc) is 3.18. The number of carbonyl (C=O) groups excluding carboxylic acids is 2. The first kappa shape index (κ1) is 22.5. The third-order valence-electron chi connectivity index (χ3n) is 5.44. The molecule has 0 aliphatic carbocycles. The number of nitrogens with zero attached hydrogens (tertiary/aromatic N) is 2. The van der Waals surface area contributed by atoms with Crippen LogP contribution in [0.15, 0.2) is 24.3 Å². The molecule has 2 fully saturated rings. The predicted molar refractivity (Wildman–Crippen MR) is 106 cm³/mol. The topological polar surface area (TPSA) is 76.7 Å². The van der Waals surface area contributed by atoms with Crippen LogP contribution in [0, 0.1) is 0 Å². The molecule has 0 spiro atoms. The lowest BCUT2D eigenvalue weighted by Gasteiger charge is -2.29. The molecule has 2 saturated heterocycles. The molecular weight excluding hydrogens is 399 g/mol. The van der Waals surface area contributed by atoms with E-state index in [0.29, 0.717) is 0 Å². The summed E-state index contributed by atoms with van der Waals surface area (Å²) in [6, 6.07) is 4.16. The predicted octanol–water partition coefficient (Wildman–Crippen LogP) is 0.531. The summed E-state index contributed by atoms with van der Waals surface area (Å²) < 4.78 is 38.3. The van der Waals surface area contributed by atoms with Crippen molar-refractivity contribution in [1.82, 2.24) is 25.8 Å². The molecule has 1 atom stereocenters. The van der Waals surface area contributed by atoms with E-state index < -0.39 is 17.6 Å². The quantitative estimate of drug-likeness (QED) is 0.592. The minimum atomic E-state index is -4.52. The van der Waals surface area contributed by atoms with Gasteiger partial charge >= 0.3 is 6.18 Å². The van der Waals surface area contributed by atoms with E-state index in [4.69, 9.17) is 0 Å². The molecule has 30 heavy (non-hydrogen) atoms. The van der Waals surface area contributed by atoms with Gasteiger partial charge in [-0.05, 0) is 24.6 Å². The van der Waals surface area contributed by atoms with Crippen LogP contribution >= 0.6 is 0 Å². The van der Waals surface area contributed by atoms with E-state index >= 15 is 0 Å². The standard InChI is InChI=1S/C20H28F3N5O2/c21-20(22,23)16-3-1-2-15(12-16)19(30)25-13-18(29)26-17-4-7-28(14-17)11-10-27-8-5-24-6-9-27/h1-3,12,17,24H,4-11,13-14H2,(H,25,30)(H,26,29)/t17-/m1/s1. The second-order valence-corrected chi connectivity index (χ2v) is 7.71. The van der Waals surface area contributed by atoms with Gasteiger partial charge in [0.05, 0.1) is 12.1 Å². The number of amides is 2. The largest absolute Gasteiger partial charge is 0.416 e. The van der Waals surface area contributed by atoms with Gasteiger partial charge in [-0.3, -0.25) is 19.4 Å². The van der Waals surface area contributed by atoms with E-state index in [1.165, 1.54) is 12.1 Å². The zero-order chi connectivity index (χ0) is 21.6. The SMILES string of the molecule is O=C(CNC(=O)c1cccc(C(F)(F)F)c1)N[C@@H]1CCN(CCN2CCNCC2)C1. The van der Waals surface area contributed by atoms with Gasteiger partial charge in [-0.15, -0.1) is 0 Å². The Hall–Kier alpha value is -2.17. The average molecular weight is 427 g/mol. The number of hydrogen-bond donors (Lipinski definition) is 3. The van der Waals surface area contributed by atoms with Gasteiger partial charge in [-0.25, -0.2) is 0 Å². The van der Waals surface area contributed by atoms with Gasteiger partial charge in [0.1, 0.15) is 0 Å². The number of carbonyl (C=O) groups is 2. The molecule has 2 amide bonds. The summed E-state index contributed by atoms with van der Waals surface area (Å²) in [5.74, 6) is -1.05. The van der Waals surface area contributed by atoms with Gasteiger partial charge in [0.2, 0.25) is 5.91 Å². The fraction of sp³-hybridized carbons (Fsp3) is 0.600. The minimum absolute atomic E-state index is 0.0194. The molecule has 1 aromatic rings. The summed E-state index contributed by atoms with van der Waals surface area (Å²) in [4.78, 5) is 28.9. The Morgan fingerprint density at radius 2 is 1.83 bits per heavy atom. The van der Waals surface area contributed by atoms with Crippen molar-refractivity contribution in [3.63, 3.8) is 0 Å². The van der Waals surface area contributed by atoms with Crippen LogP contribution in [0.3, 0.4) is 0 Å². The van der Waals surface area contributed by atoms with Crippen LogP contribution in [-0.2, 0) is 11.0 Å². The van der Waals surface area contributed by atoms with Crippen LogP contribution in [0.2, 0.25) is 0 Å². The highest BCUT2D eigenvalue weighted by Gasteiger charge is 2.31. The lowest BCUT2D eigenvalue weighted by Crippen LogP contribution is -2.46. The van der Waals surface area contributed by atoms with Crippen molar-refractivity contribution >= 4 is 11.8 Å². The van der Waals surface area contributed by atoms with Crippen molar-refractivity contribution in [3.8, 4) is 0 Å². The summed E-state index contributed by atoms with van der Waals surface area (Å²) in [5, 5.41) is 8.60. The second kappa shape index (κ2) is 10.2. The number of nitrogens with one attached hydrogen (secondary N) is 3.